The van der Waals surface area contributed by atoms with Gasteiger partial charge >= 0.3 is 5.51 Å². The van der Waals surface area contributed by atoms with Crippen LogP contribution in [0.25, 0.3) is 0 Å². The zero-order valence-corrected chi connectivity index (χ0v) is 14.1. The molecule has 0 fully saturated rings. The molecule has 18 heavy (non-hydrogen) atoms. The van der Waals surface area contributed by atoms with Crippen molar-refractivity contribution in [2.24, 2.45) is 5.92 Å². The SMILES string of the molecule is CSC1(Br)C=C(S(=O)(=O)C(F)(F)F)C=C(Br)C1C. The van der Waals surface area contributed by atoms with Gasteiger partial charge in [-0.3, -0.25) is 0 Å². The highest BCUT2D eigenvalue weighted by molar-refractivity contribution is 9.12. The van der Waals surface area contributed by atoms with E-state index in [4.69, 9.17) is 0 Å². The molecular formula is C9H9Br2F3O2S2. The second-order valence-electron chi connectivity index (χ2n) is 3.65. The van der Waals surface area contributed by atoms with Crippen LogP contribution in [0.15, 0.2) is 21.5 Å². The van der Waals surface area contributed by atoms with E-state index in [2.05, 4.69) is 31.9 Å². The summed E-state index contributed by atoms with van der Waals surface area (Å²) in [5.74, 6) is -0.181. The summed E-state index contributed by atoms with van der Waals surface area (Å²) < 4.78 is 59.8. The maximum atomic E-state index is 12.5. The Hall–Kier alpha value is 0.530. The van der Waals surface area contributed by atoms with Gasteiger partial charge in [0.1, 0.15) is 0 Å². The zero-order valence-electron chi connectivity index (χ0n) is 9.25. The minimum atomic E-state index is -5.33. The first-order valence-corrected chi connectivity index (χ1v) is 8.90. The van der Waals surface area contributed by atoms with Crippen molar-refractivity contribution in [3.05, 3.63) is 21.5 Å². The monoisotopic (exact) mass is 428 g/mol. The molecule has 0 heterocycles. The first-order chi connectivity index (χ1) is 7.95. The molecule has 0 aromatic heterocycles. The van der Waals surface area contributed by atoms with Crippen LogP contribution in [0.5, 0.6) is 0 Å². The molecule has 1 aliphatic carbocycles. The molecule has 0 amide bonds. The summed E-state index contributed by atoms with van der Waals surface area (Å²) in [6, 6.07) is 0. The topological polar surface area (TPSA) is 34.1 Å². The van der Waals surface area contributed by atoms with Crippen molar-refractivity contribution in [2.45, 2.75) is 16.1 Å². The predicted molar refractivity (Wildman–Crippen MR) is 74.4 cm³/mol. The Kier molecular flexibility index (Phi) is 4.73. The Morgan fingerprint density at radius 1 is 1.44 bits per heavy atom. The maximum Gasteiger partial charge on any atom is 0.501 e. The molecule has 0 aromatic carbocycles. The number of allylic oxidation sites excluding steroid dienone is 2. The van der Waals surface area contributed by atoms with Crippen molar-refractivity contribution in [1.29, 1.82) is 0 Å². The Morgan fingerprint density at radius 3 is 2.33 bits per heavy atom. The molecule has 0 aromatic rings. The third kappa shape index (κ3) is 2.83. The second-order valence-corrected chi connectivity index (χ2v) is 9.43. The number of halogens is 5. The van der Waals surface area contributed by atoms with Crippen molar-refractivity contribution in [3.8, 4) is 0 Å². The fourth-order valence-electron chi connectivity index (χ4n) is 1.33. The highest BCUT2D eigenvalue weighted by Crippen LogP contribution is 2.49. The first-order valence-electron chi connectivity index (χ1n) is 4.61. The minimum Gasteiger partial charge on any atom is -0.214 e. The van der Waals surface area contributed by atoms with Gasteiger partial charge in [-0.1, -0.05) is 38.8 Å². The Bertz CT molecular complexity index is 510. The molecular weight excluding hydrogens is 421 g/mol. The van der Waals surface area contributed by atoms with E-state index in [1.165, 1.54) is 11.8 Å². The molecule has 0 saturated heterocycles. The molecule has 9 heteroatoms. The smallest absolute Gasteiger partial charge is 0.214 e. The van der Waals surface area contributed by atoms with Gasteiger partial charge < -0.3 is 0 Å². The van der Waals surface area contributed by atoms with Crippen molar-refractivity contribution < 1.29 is 21.6 Å². The summed E-state index contributed by atoms with van der Waals surface area (Å²) in [7, 11) is -5.33. The fraction of sp³-hybridized carbons (Fsp3) is 0.556. The Balaban J connectivity index is 3.40. The number of thioether (sulfide) groups is 1. The molecule has 1 aliphatic rings. The van der Waals surface area contributed by atoms with Gasteiger partial charge in [-0.2, -0.15) is 13.2 Å². The molecule has 0 saturated carbocycles. The average Bonchev–Trinajstić information content (AvgIpc) is 2.23. The minimum absolute atomic E-state index is 0.181. The van der Waals surface area contributed by atoms with E-state index in [1.54, 1.807) is 13.2 Å². The molecule has 0 N–H and O–H groups in total. The molecule has 2 unspecified atom stereocenters. The van der Waals surface area contributed by atoms with Crippen LogP contribution in [-0.2, 0) is 9.84 Å². The van der Waals surface area contributed by atoms with E-state index < -0.39 is 23.9 Å². The van der Waals surface area contributed by atoms with Crippen molar-refractivity contribution in [1.82, 2.24) is 0 Å². The van der Waals surface area contributed by atoms with E-state index in [-0.39, 0.29) is 5.92 Å². The quantitative estimate of drug-likeness (QED) is 0.617. The Morgan fingerprint density at radius 2 is 1.94 bits per heavy atom. The average molecular weight is 430 g/mol. The fourth-order valence-corrected chi connectivity index (χ4v) is 4.89. The van der Waals surface area contributed by atoms with Gasteiger partial charge in [0.25, 0.3) is 9.84 Å². The summed E-state index contributed by atoms with van der Waals surface area (Å²) in [5, 5.41) is 0. The molecule has 2 atom stereocenters. The van der Waals surface area contributed by atoms with E-state index >= 15 is 0 Å². The lowest BCUT2D eigenvalue weighted by molar-refractivity contribution is -0.0426. The lowest BCUT2D eigenvalue weighted by atomic mass is 10.0. The van der Waals surface area contributed by atoms with Crippen molar-refractivity contribution in [3.63, 3.8) is 0 Å². The molecule has 0 spiro atoms. The van der Waals surface area contributed by atoms with Crippen LogP contribution in [-0.4, -0.2) is 23.8 Å². The third-order valence-electron chi connectivity index (χ3n) is 2.55. The molecule has 2 nitrogen and oxygen atoms in total. The van der Waals surface area contributed by atoms with Crippen LogP contribution in [0.2, 0.25) is 0 Å². The molecule has 0 aliphatic heterocycles. The first kappa shape index (κ1) is 16.6. The van der Waals surface area contributed by atoms with Crippen LogP contribution in [0, 0.1) is 5.92 Å². The summed E-state index contributed by atoms with van der Waals surface area (Å²) in [4.78, 5) is -0.744. The number of alkyl halides is 4. The molecule has 0 radical (unpaired) electrons. The van der Waals surface area contributed by atoms with Gasteiger partial charge in [0.2, 0.25) is 0 Å². The summed E-state index contributed by atoms with van der Waals surface area (Å²) in [6.45, 7) is 1.78. The number of hydrogen-bond donors (Lipinski definition) is 0. The van der Waals surface area contributed by atoms with Gasteiger partial charge in [0.05, 0.1) is 8.56 Å². The van der Waals surface area contributed by atoms with Gasteiger partial charge in [-0.15, -0.1) is 11.8 Å². The zero-order chi connectivity index (χ0) is 14.4. The van der Waals surface area contributed by atoms with Gasteiger partial charge in [-0.25, -0.2) is 8.42 Å². The van der Waals surface area contributed by atoms with Crippen molar-refractivity contribution >= 4 is 53.5 Å². The number of sulfone groups is 1. The highest BCUT2D eigenvalue weighted by Gasteiger charge is 2.50. The van der Waals surface area contributed by atoms with E-state index in [0.717, 1.165) is 12.2 Å². The van der Waals surface area contributed by atoms with Crippen LogP contribution in [0.3, 0.4) is 0 Å². The predicted octanol–water partition coefficient (Wildman–Crippen LogP) is 4.19. The van der Waals surface area contributed by atoms with E-state index in [9.17, 15) is 21.6 Å². The normalized spacial score (nSPS) is 29.8. The van der Waals surface area contributed by atoms with Crippen LogP contribution >= 0.6 is 43.6 Å². The second kappa shape index (κ2) is 5.14. The van der Waals surface area contributed by atoms with Crippen LogP contribution < -0.4 is 0 Å². The molecule has 1 rings (SSSR count). The third-order valence-corrected chi connectivity index (χ3v) is 7.92. The molecule has 0 bridgehead atoms. The number of hydrogen-bond acceptors (Lipinski definition) is 3. The number of rotatable bonds is 2. The standard InChI is InChI=1S/C9H9Br2F3O2S2/c1-5-7(10)3-6(4-8(5,11)17-2)18(15,16)9(12,13)14/h3-5H,1-2H3. The summed E-state index contributed by atoms with van der Waals surface area (Å²) >= 11 is 7.63. The van der Waals surface area contributed by atoms with Gasteiger partial charge in [0, 0.05) is 10.4 Å². The van der Waals surface area contributed by atoms with Gasteiger partial charge in [0.15, 0.2) is 0 Å². The largest absolute Gasteiger partial charge is 0.501 e. The molecule has 104 valence electrons. The maximum absolute atomic E-state index is 12.5. The van der Waals surface area contributed by atoms with E-state index in [0.29, 0.717) is 4.48 Å². The Labute approximate surface area is 124 Å². The van der Waals surface area contributed by atoms with E-state index in [1.807, 2.05) is 0 Å². The van der Waals surface area contributed by atoms with Crippen LogP contribution in [0.1, 0.15) is 6.92 Å². The van der Waals surface area contributed by atoms with Gasteiger partial charge in [-0.05, 0) is 18.4 Å². The lowest BCUT2D eigenvalue weighted by Gasteiger charge is -2.33. The van der Waals surface area contributed by atoms with Crippen LogP contribution in [0.4, 0.5) is 13.2 Å². The highest BCUT2D eigenvalue weighted by atomic mass is 79.9. The lowest BCUT2D eigenvalue weighted by Crippen LogP contribution is -2.31. The van der Waals surface area contributed by atoms with Crippen molar-refractivity contribution in [2.75, 3.05) is 6.26 Å². The summed E-state index contributed by atoms with van der Waals surface area (Å²) in [6.07, 6.45) is 3.78. The summed E-state index contributed by atoms with van der Waals surface area (Å²) in [5.41, 5.74) is -5.30.